The third kappa shape index (κ3) is 5.28. The van der Waals surface area contributed by atoms with Crippen LogP contribution in [0.15, 0.2) is 29.6 Å². The lowest BCUT2D eigenvalue weighted by molar-refractivity contribution is -0.123. The van der Waals surface area contributed by atoms with Gasteiger partial charge >= 0.3 is 0 Å². The molecular weight excluding hydrogens is 384 g/mol. The summed E-state index contributed by atoms with van der Waals surface area (Å²) < 4.78 is 0. The third-order valence-electron chi connectivity index (χ3n) is 4.29. The Labute approximate surface area is 168 Å². The SMILES string of the molecule is CC(C)NC(=O)CN1CCN(C(=O)c2csc(-c3ccc(Cl)cc3)n2)CC1. The van der Waals surface area contributed by atoms with Crippen molar-refractivity contribution in [3.63, 3.8) is 0 Å². The van der Waals surface area contributed by atoms with Crippen molar-refractivity contribution in [2.24, 2.45) is 0 Å². The highest BCUT2D eigenvalue weighted by atomic mass is 35.5. The summed E-state index contributed by atoms with van der Waals surface area (Å²) in [6.07, 6.45) is 0. The minimum atomic E-state index is -0.0576. The van der Waals surface area contributed by atoms with Gasteiger partial charge in [0, 0.05) is 48.2 Å². The van der Waals surface area contributed by atoms with Crippen LogP contribution in [-0.2, 0) is 4.79 Å². The van der Waals surface area contributed by atoms with Gasteiger partial charge in [-0.2, -0.15) is 0 Å². The van der Waals surface area contributed by atoms with Crippen molar-refractivity contribution in [1.82, 2.24) is 20.1 Å². The highest BCUT2D eigenvalue weighted by Crippen LogP contribution is 2.25. The normalized spacial score (nSPS) is 15.2. The lowest BCUT2D eigenvalue weighted by Gasteiger charge is -2.34. The fourth-order valence-corrected chi connectivity index (χ4v) is 3.86. The van der Waals surface area contributed by atoms with Crippen LogP contribution in [0.5, 0.6) is 0 Å². The summed E-state index contributed by atoms with van der Waals surface area (Å²) >= 11 is 7.37. The van der Waals surface area contributed by atoms with Gasteiger partial charge in [0.1, 0.15) is 10.7 Å². The minimum Gasteiger partial charge on any atom is -0.353 e. The van der Waals surface area contributed by atoms with Gasteiger partial charge in [-0.25, -0.2) is 4.98 Å². The Morgan fingerprint density at radius 2 is 1.85 bits per heavy atom. The van der Waals surface area contributed by atoms with Gasteiger partial charge in [-0.05, 0) is 26.0 Å². The molecule has 1 fully saturated rings. The molecule has 0 spiro atoms. The van der Waals surface area contributed by atoms with E-state index in [0.717, 1.165) is 10.6 Å². The molecule has 2 aromatic rings. The van der Waals surface area contributed by atoms with E-state index in [1.165, 1.54) is 11.3 Å². The van der Waals surface area contributed by atoms with Gasteiger partial charge < -0.3 is 10.2 Å². The number of rotatable bonds is 5. The lowest BCUT2D eigenvalue weighted by atomic mass is 10.2. The van der Waals surface area contributed by atoms with Crippen LogP contribution in [0.4, 0.5) is 0 Å². The van der Waals surface area contributed by atoms with Crippen molar-refractivity contribution in [1.29, 1.82) is 0 Å². The first-order chi connectivity index (χ1) is 12.9. The number of benzene rings is 1. The molecule has 1 aromatic carbocycles. The van der Waals surface area contributed by atoms with Crippen LogP contribution in [0.25, 0.3) is 10.6 Å². The summed E-state index contributed by atoms with van der Waals surface area (Å²) in [6.45, 7) is 6.83. The van der Waals surface area contributed by atoms with E-state index >= 15 is 0 Å². The number of nitrogens with zero attached hydrogens (tertiary/aromatic N) is 3. The summed E-state index contributed by atoms with van der Waals surface area (Å²) in [5.74, 6) is -0.0328. The van der Waals surface area contributed by atoms with E-state index in [2.05, 4.69) is 15.2 Å². The van der Waals surface area contributed by atoms with Crippen molar-refractivity contribution in [3.05, 3.63) is 40.4 Å². The largest absolute Gasteiger partial charge is 0.353 e. The molecule has 1 saturated heterocycles. The zero-order valence-corrected chi connectivity index (χ0v) is 17.0. The fraction of sp³-hybridized carbons (Fsp3) is 0.421. The maximum atomic E-state index is 12.7. The van der Waals surface area contributed by atoms with E-state index in [9.17, 15) is 9.59 Å². The molecule has 0 atom stereocenters. The van der Waals surface area contributed by atoms with E-state index in [-0.39, 0.29) is 17.9 Å². The Morgan fingerprint density at radius 1 is 1.19 bits per heavy atom. The van der Waals surface area contributed by atoms with Crippen LogP contribution >= 0.6 is 22.9 Å². The van der Waals surface area contributed by atoms with Crippen LogP contribution in [0.3, 0.4) is 0 Å². The molecule has 1 aliphatic heterocycles. The van der Waals surface area contributed by atoms with Crippen molar-refractivity contribution >= 4 is 34.8 Å². The number of hydrogen-bond acceptors (Lipinski definition) is 5. The first-order valence-corrected chi connectivity index (χ1v) is 10.2. The molecule has 2 amide bonds. The summed E-state index contributed by atoms with van der Waals surface area (Å²) in [5.41, 5.74) is 1.42. The Balaban J connectivity index is 1.55. The average Bonchev–Trinajstić information content (AvgIpc) is 3.12. The number of hydrogen-bond donors (Lipinski definition) is 1. The van der Waals surface area contributed by atoms with Gasteiger partial charge in [-0.3, -0.25) is 14.5 Å². The average molecular weight is 407 g/mol. The minimum absolute atomic E-state index is 0.0249. The summed E-state index contributed by atoms with van der Waals surface area (Å²) in [4.78, 5) is 33.0. The van der Waals surface area contributed by atoms with Gasteiger partial charge in [0.25, 0.3) is 5.91 Å². The van der Waals surface area contributed by atoms with Crippen molar-refractivity contribution in [2.45, 2.75) is 19.9 Å². The number of amides is 2. The van der Waals surface area contributed by atoms with Crippen LogP contribution in [-0.4, -0.2) is 65.4 Å². The Bertz CT molecular complexity index is 798. The van der Waals surface area contributed by atoms with Crippen LogP contribution in [0, 0.1) is 0 Å². The molecule has 6 nitrogen and oxygen atoms in total. The molecule has 8 heteroatoms. The monoisotopic (exact) mass is 406 g/mol. The van der Waals surface area contributed by atoms with E-state index in [4.69, 9.17) is 11.6 Å². The predicted octanol–water partition coefficient (Wildman–Crippen LogP) is 2.75. The maximum Gasteiger partial charge on any atom is 0.273 e. The molecule has 0 unspecified atom stereocenters. The molecule has 27 heavy (non-hydrogen) atoms. The number of nitrogens with one attached hydrogen (secondary N) is 1. The first-order valence-electron chi connectivity index (χ1n) is 8.95. The van der Waals surface area contributed by atoms with E-state index in [1.807, 2.05) is 38.1 Å². The standard InChI is InChI=1S/C19H23ClN4O2S/c1-13(2)21-17(25)11-23-7-9-24(10-8-23)19(26)16-12-27-18(22-16)14-3-5-15(20)6-4-14/h3-6,12-13H,7-11H2,1-2H3,(H,21,25). The second-order valence-electron chi connectivity index (χ2n) is 6.84. The van der Waals surface area contributed by atoms with Gasteiger partial charge in [-0.15, -0.1) is 11.3 Å². The van der Waals surface area contributed by atoms with Gasteiger partial charge in [0.15, 0.2) is 0 Å². The number of thiazole rings is 1. The van der Waals surface area contributed by atoms with Gasteiger partial charge in [-0.1, -0.05) is 23.7 Å². The Morgan fingerprint density at radius 3 is 2.48 bits per heavy atom. The summed E-state index contributed by atoms with van der Waals surface area (Å²) in [5, 5.41) is 6.17. The number of halogens is 1. The van der Waals surface area contributed by atoms with E-state index in [0.29, 0.717) is 43.4 Å². The second-order valence-corrected chi connectivity index (χ2v) is 8.13. The Kier molecular flexibility index (Phi) is 6.46. The summed E-state index contributed by atoms with van der Waals surface area (Å²) in [6, 6.07) is 7.57. The van der Waals surface area contributed by atoms with Crippen molar-refractivity contribution in [3.8, 4) is 10.6 Å². The van der Waals surface area contributed by atoms with Crippen LogP contribution < -0.4 is 5.32 Å². The second kappa shape index (κ2) is 8.82. The molecule has 3 rings (SSSR count). The quantitative estimate of drug-likeness (QED) is 0.829. The number of piperazine rings is 1. The zero-order chi connectivity index (χ0) is 19.4. The van der Waals surface area contributed by atoms with Crippen LogP contribution in [0.2, 0.25) is 5.02 Å². The maximum absolute atomic E-state index is 12.7. The van der Waals surface area contributed by atoms with E-state index in [1.54, 1.807) is 10.3 Å². The molecule has 1 aliphatic rings. The van der Waals surface area contributed by atoms with Crippen LogP contribution in [0.1, 0.15) is 24.3 Å². The molecule has 0 saturated carbocycles. The zero-order valence-electron chi connectivity index (χ0n) is 15.4. The smallest absolute Gasteiger partial charge is 0.273 e. The third-order valence-corrected chi connectivity index (χ3v) is 5.43. The van der Waals surface area contributed by atoms with Gasteiger partial charge in [0.2, 0.25) is 5.91 Å². The molecule has 1 aromatic heterocycles. The van der Waals surface area contributed by atoms with Crippen molar-refractivity contribution < 1.29 is 9.59 Å². The highest BCUT2D eigenvalue weighted by Gasteiger charge is 2.25. The highest BCUT2D eigenvalue weighted by molar-refractivity contribution is 7.13. The number of aromatic nitrogens is 1. The molecular formula is C19H23ClN4O2S. The lowest BCUT2D eigenvalue weighted by Crippen LogP contribution is -2.51. The number of carbonyl (C=O) groups is 2. The fourth-order valence-electron chi connectivity index (χ4n) is 2.94. The molecule has 2 heterocycles. The topological polar surface area (TPSA) is 65.5 Å². The Hall–Kier alpha value is -1.96. The molecule has 1 N–H and O–H groups in total. The van der Waals surface area contributed by atoms with Crippen molar-refractivity contribution in [2.75, 3.05) is 32.7 Å². The number of carbonyl (C=O) groups excluding carboxylic acids is 2. The molecule has 0 aliphatic carbocycles. The first kappa shape index (κ1) is 19.8. The predicted molar refractivity (Wildman–Crippen MR) is 108 cm³/mol. The summed E-state index contributed by atoms with van der Waals surface area (Å²) in [7, 11) is 0. The molecule has 0 bridgehead atoms. The van der Waals surface area contributed by atoms with Gasteiger partial charge in [0.05, 0.1) is 6.54 Å². The molecule has 0 radical (unpaired) electrons. The van der Waals surface area contributed by atoms with E-state index < -0.39 is 0 Å². The molecule has 144 valence electrons.